The zero-order chi connectivity index (χ0) is 14.0. The van der Waals surface area contributed by atoms with Gasteiger partial charge < -0.3 is 19.1 Å². The number of hydrogen-bond acceptors (Lipinski definition) is 5. The quantitative estimate of drug-likeness (QED) is 0.846. The van der Waals surface area contributed by atoms with Gasteiger partial charge in [-0.1, -0.05) is 0 Å². The number of benzene rings is 1. The smallest absolute Gasteiger partial charge is 0.204 e. The average molecular weight is 262 g/mol. The van der Waals surface area contributed by atoms with E-state index in [9.17, 15) is 0 Å². The van der Waals surface area contributed by atoms with E-state index in [-0.39, 0.29) is 0 Å². The van der Waals surface area contributed by atoms with E-state index in [0.717, 1.165) is 16.6 Å². The van der Waals surface area contributed by atoms with Crippen LogP contribution in [-0.4, -0.2) is 40.4 Å². The van der Waals surface area contributed by atoms with Gasteiger partial charge in [0.25, 0.3) is 0 Å². The minimum absolute atomic E-state index is 0.577. The summed E-state index contributed by atoms with van der Waals surface area (Å²) in [6.45, 7) is 0. The van der Waals surface area contributed by atoms with Gasteiger partial charge in [-0.15, -0.1) is 0 Å². The van der Waals surface area contributed by atoms with Gasteiger partial charge in [-0.3, -0.25) is 0 Å². The molecule has 1 aromatic carbocycles. The molecule has 5 heteroatoms. The number of aromatic nitrogens is 1. The highest BCUT2D eigenvalue weighted by atomic mass is 16.5. The third-order valence-corrected chi connectivity index (χ3v) is 2.96. The van der Waals surface area contributed by atoms with Crippen molar-refractivity contribution in [1.29, 1.82) is 0 Å². The number of ether oxygens (including phenoxy) is 3. The summed E-state index contributed by atoms with van der Waals surface area (Å²) in [5.41, 5.74) is 0. The summed E-state index contributed by atoms with van der Waals surface area (Å²) in [7, 11) is 8.70. The fourth-order valence-corrected chi connectivity index (χ4v) is 2.13. The molecule has 0 N–H and O–H groups in total. The van der Waals surface area contributed by atoms with Crippen molar-refractivity contribution in [3.63, 3.8) is 0 Å². The molecule has 2 aromatic rings. The first kappa shape index (κ1) is 13.3. The topological polar surface area (TPSA) is 43.8 Å². The molecule has 19 heavy (non-hydrogen) atoms. The van der Waals surface area contributed by atoms with Gasteiger partial charge in [0, 0.05) is 20.3 Å². The van der Waals surface area contributed by atoms with Crippen molar-refractivity contribution < 1.29 is 14.2 Å². The Morgan fingerprint density at radius 1 is 1.00 bits per heavy atom. The number of nitrogens with zero attached hydrogens (tertiary/aromatic N) is 2. The molecule has 0 unspecified atom stereocenters. The minimum Gasteiger partial charge on any atom is -0.493 e. The zero-order valence-electron chi connectivity index (χ0n) is 11.9. The van der Waals surface area contributed by atoms with Crippen LogP contribution in [0.1, 0.15) is 0 Å². The third-order valence-electron chi connectivity index (χ3n) is 2.96. The SMILES string of the molecule is COc1cc2ccnc(N(C)C)c2c(OC)c1OC. The van der Waals surface area contributed by atoms with Crippen molar-refractivity contribution in [3.05, 3.63) is 18.3 Å². The number of pyridine rings is 1. The van der Waals surface area contributed by atoms with E-state index >= 15 is 0 Å². The lowest BCUT2D eigenvalue weighted by Gasteiger charge is -2.19. The van der Waals surface area contributed by atoms with Crippen molar-refractivity contribution in [3.8, 4) is 17.2 Å². The van der Waals surface area contributed by atoms with Crippen LogP contribution >= 0.6 is 0 Å². The largest absolute Gasteiger partial charge is 0.493 e. The predicted octanol–water partition coefficient (Wildman–Crippen LogP) is 2.33. The third kappa shape index (κ3) is 2.12. The van der Waals surface area contributed by atoms with Gasteiger partial charge in [0.2, 0.25) is 5.75 Å². The second kappa shape index (κ2) is 5.22. The fraction of sp³-hybridized carbons (Fsp3) is 0.357. The maximum Gasteiger partial charge on any atom is 0.204 e. The molecule has 0 aliphatic heterocycles. The van der Waals surface area contributed by atoms with Crippen LogP contribution in [0.5, 0.6) is 17.2 Å². The average Bonchev–Trinajstić information content (AvgIpc) is 2.43. The second-order valence-electron chi connectivity index (χ2n) is 4.27. The predicted molar refractivity (Wildman–Crippen MR) is 75.7 cm³/mol. The highest BCUT2D eigenvalue weighted by Gasteiger charge is 2.19. The Hall–Kier alpha value is -2.17. The van der Waals surface area contributed by atoms with Crippen molar-refractivity contribution in [2.24, 2.45) is 0 Å². The fourth-order valence-electron chi connectivity index (χ4n) is 2.13. The molecule has 102 valence electrons. The molecule has 0 fully saturated rings. The lowest BCUT2D eigenvalue weighted by molar-refractivity contribution is 0.327. The number of methoxy groups -OCH3 is 3. The van der Waals surface area contributed by atoms with Crippen molar-refractivity contribution >= 4 is 16.6 Å². The summed E-state index contributed by atoms with van der Waals surface area (Å²) in [4.78, 5) is 6.34. The standard InChI is InChI=1S/C14H18N2O3/c1-16(2)14-11-9(6-7-15-14)8-10(17-3)12(18-4)13(11)19-5/h6-8H,1-5H3. The number of fused-ring (bicyclic) bond motifs is 1. The lowest BCUT2D eigenvalue weighted by Crippen LogP contribution is -2.11. The normalized spacial score (nSPS) is 10.4. The Morgan fingerprint density at radius 2 is 1.68 bits per heavy atom. The van der Waals surface area contributed by atoms with E-state index in [4.69, 9.17) is 14.2 Å². The molecule has 0 amide bonds. The molecule has 0 aliphatic rings. The van der Waals surface area contributed by atoms with E-state index < -0.39 is 0 Å². The summed E-state index contributed by atoms with van der Waals surface area (Å²) in [5, 5.41) is 1.90. The first-order valence-corrected chi connectivity index (χ1v) is 5.89. The highest BCUT2D eigenvalue weighted by Crippen LogP contribution is 2.45. The van der Waals surface area contributed by atoms with Gasteiger partial charge in [0.15, 0.2) is 11.5 Å². The molecule has 5 nitrogen and oxygen atoms in total. The molecule has 2 rings (SSSR count). The first-order chi connectivity index (χ1) is 9.13. The van der Waals surface area contributed by atoms with E-state index in [2.05, 4.69) is 4.98 Å². The molecule has 0 saturated carbocycles. The molecule has 0 spiro atoms. The van der Waals surface area contributed by atoms with Gasteiger partial charge in [-0.25, -0.2) is 4.98 Å². The van der Waals surface area contributed by atoms with E-state index in [1.165, 1.54) is 0 Å². The highest BCUT2D eigenvalue weighted by molar-refractivity contribution is 6.00. The van der Waals surface area contributed by atoms with Gasteiger partial charge in [0.05, 0.1) is 26.7 Å². The summed E-state index contributed by atoms with van der Waals surface area (Å²) < 4.78 is 16.3. The van der Waals surface area contributed by atoms with Crippen LogP contribution in [0.15, 0.2) is 18.3 Å². The van der Waals surface area contributed by atoms with Crippen molar-refractivity contribution in [1.82, 2.24) is 4.98 Å². The van der Waals surface area contributed by atoms with Gasteiger partial charge in [0.1, 0.15) is 5.82 Å². The number of hydrogen-bond donors (Lipinski definition) is 0. The van der Waals surface area contributed by atoms with Crippen molar-refractivity contribution in [2.75, 3.05) is 40.3 Å². The molecule has 0 radical (unpaired) electrons. The molecule has 0 atom stereocenters. The van der Waals surface area contributed by atoms with E-state index in [1.807, 2.05) is 31.1 Å². The van der Waals surface area contributed by atoms with E-state index in [0.29, 0.717) is 17.2 Å². The van der Waals surface area contributed by atoms with Crippen LogP contribution in [0.25, 0.3) is 10.8 Å². The summed E-state index contributed by atoms with van der Waals surface area (Å²) in [6, 6.07) is 3.85. The molecule has 1 aromatic heterocycles. The van der Waals surface area contributed by atoms with Crippen LogP contribution in [0.3, 0.4) is 0 Å². The van der Waals surface area contributed by atoms with Crippen LogP contribution < -0.4 is 19.1 Å². The Kier molecular flexibility index (Phi) is 3.64. The maximum absolute atomic E-state index is 5.51. The molecule has 1 heterocycles. The Balaban J connectivity index is 2.90. The Morgan fingerprint density at radius 3 is 2.21 bits per heavy atom. The molecular formula is C14H18N2O3. The second-order valence-corrected chi connectivity index (χ2v) is 4.27. The minimum atomic E-state index is 0.577. The molecular weight excluding hydrogens is 244 g/mol. The molecule has 0 bridgehead atoms. The zero-order valence-corrected chi connectivity index (χ0v) is 11.9. The van der Waals surface area contributed by atoms with Gasteiger partial charge in [-0.05, 0) is 17.5 Å². The maximum atomic E-state index is 5.51. The van der Waals surface area contributed by atoms with Crippen LogP contribution in [0.4, 0.5) is 5.82 Å². The van der Waals surface area contributed by atoms with Crippen molar-refractivity contribution in [2.45, 2.75) is 0 Å². The summed E-state index contributed by atoms with van der Waals surface area (Å²) >= 11 is 0. The lowest BCUT2D eigenvalue weighted by atomic mass is 10.1. The molecule has 0 aliphatic carbocycles. The Bertz CT molecular complexity index is 597. The number of anilines is 1. The van der Waals surface area contributed by atoms with Gasteiger partial charge >= 0.3 is 0 Å². The van der Waals surface area contributed by atoms with Crippen LogP contribution in [0.2, 0.25) is 0 Å². The van der Waals surface area contributed by atoms with Crippen LogP contribution in [0, 0.1) is 0 Å². The Labute approximate surface area is 112 Å². The van der Waals surface area contributed by atoms with Gasteiger partial charge in [-0.2, -0.15) is 0 Å². The van der Waals surface area contributed by atoms with E-state index in [1.54, 1.807) is 27.5 Å². The van der Waals surface area contributed by atoms with Crippen LogP contribution in [-0.2, 0) is 0 Å². The summed E-state index contributed by atoms with van der Waals surface area (Å²) in [6.07, 6.45) is 1.77. The monoisotopic (exact) mass is 262 g/mol. The number of rotatable bonds is 4. The molecule has 0 saturated heterocycles. The first-order valence-electron chi connectivity index (χ1n) is 5.89. The summed E-state index contributed by atoms with van der Waals surface area (Å²) in [5.74, 6) is 2.68.